The fraction of sp³-hybridized carbons (Fsp3) is 0.500. The van der Waals surface area contributed by atoms with Gasteiger partial charge in [-0.2, -0.15) is 0 Å². The maximum atomic E-state index is 2.46. The SMILES string of the molecule is Cc1ccccc1-c1cc2c(c[n+]1C)C(C)(C)CCCC2(C)C. The molecule has 0 atom stereocenters. The Morgan fingerprint density at radius 3 is 2.17 bits per heavy atom. The lowest BCUT2D eigenvalue weighted by atomic mass is 9.75. The zero-order chi connectivity index (χ0) is 16.8. The molecule has 1 aliphatic carbocycles. The molecule has 122 valence electrons. The van der Waals surface area contributed by atoms with Crippen molar-refractivity contribution in [3.63, 3.8) is 0 Å². The first-order valence-electron chi connectivity index (χ1n) is 8.83. The van der Waals surface area contributed by atoms with E-state index in [1.54, 1.807) is 0 Å². The van der Waals surface area contributed by atoms with Gasteiger partial charge in [-0.15, -0.1) is 0 Å². The summed E-state index contributed by atoms with van der Waals surface area (Å²) in [4.78, 5) is 0. The van der Waals surface area contributed by atoms with Gasteiger partial charge in [0.1, 0.15) is 7.05 Å². The van der Waals surface area contributed by atoms with Crippen LogP contribution in [0.25, 0.3) is 11.3 Å². The molecule has 3 rings (SSSR count). The summed E-state index contributed by atoms with van der Waals surface area (Å²) >= 11 is 0. The molecule has 2 aromatic rings. The maximum absolute atomic E-state index is 2.46. The number of rotatable bonds is 1. The molecule has 0 saturated heterocycles. The van der Waals surface area contributed by atoms with Gasteiger partial charge in [0.25, 0.3) is 0 Å². The number of aromatic nitrogens is 1. The van der Waals surface area contributed by atoms with E-state index in [9.17, 15) is 0 Å². The highest BCUT2D eigenvalue weighted by atomic mass is 14.9. The van der Waals surface area contributed by atoms with E-state index in [4.69, 9.17) is 0 Å². The Morgan fingerprint density at radius 2 is 1.52 bits per heavy atom. The van der Waals surface area contributed by atoms with Crippen LogP contribution in [-0.4, -0.2) is 0 Å². The summed E-state index contributed by atoms with van der Waals surface area (Å²) in [5, 5.41) is 0. The lowest BCUT2D eigenvalue weighted by molar-refractivity contribution is -0.661. The third kappa shape index (κ3) is 2.82. The molecule has 0 amide bonds. The fourth-order valence-corrected chi connectivity index (χ4v) is 4.12. The number of nitrogens with zero attached hydrogens (tertiary/aromatic N) is 1. The molecule has 1 aromatic carbocycles. The van der Waals surface area contributed by atoms with Crippen LogP contribution in [0.1, 0.15) is 63.6 Å². The topological polar surface area (TPSA) is 3.88 Å². The van der Waals surface area contributed by atoms with Gasteiger partial charge in [0.2, 0.25) is 5.69 Å². The predicted molar refractivity (Wildman–Crippen MR) is 97.7 cm³/mol. The largest absolute Gasteiger partial charge is 0.212 e. The minimum Gasteiger partial charge on any atom is -0.201 e. The van der Waals surface area contributed by atoms with Gasteiger partial charge in [0.15, 0.2) is 6.20 Å². The summed E-state index contributed by atoms with van der Waals surface area (Å²) in [6, 6.07) is 11.2. The average Bonchev–Trinajstić information content (AvgIpc) is 2.54. The molecular weight excluding hydrogens is 278 g/mol. The lowest BCUT2D eigenvalue weighted by Crippen LogP contribution is -2.36. The molecule has 0 saturated carbocycles. The second-order valence-electron chi connectivity index (χ2n) is 8.53. The summed E-state index contributed by atoms with van der Waals surface area (Å²) in [6.45, 7) is 11.8. The van der Waals surface area contributed by atoms with Gasteiger partial charge in [0.05, 0.1) is 0 Å². The van der Waals surface area contributed by atoms with E-state index in [1.807, 2.05) is 0 Å². The van der Waals surface area contributed by atoms with Crippen LogP contribution in [0.3, 0.4) is 0 Å². The van der Waals surface area contributed by atoms with Crippen molar-refractivity contribution in [2.24, 2.45) is 7.05 Å². The van der Waals surface area contributed by atoms with E-state index in [0.29, 0.717) is 0 Å². The third-order valence-electron chi connectivity index (χ3n) is 5.76. The molecule has 0 N–H and O–H groups in total. The third-order valence-corrected chi connectivity index (χ3v) is 5.76. The average molecular weight is 308 g/mol. The maximum Gasteiger partial charge on any atom is 0.212 e. The predicted octanol–water partition coefficient (Wildman–Crippen LogP) is 5.23. The highest BCUT2D eigenvalue weighted by molar-refractivity contribution is 5.62. The number of aryl methyl sites for hydroxylation is 2. The normalized spacial score (nSPS) is 19.0. The van der Waals surface area contributed by atoms with Crippen molar-refractivity contribution >= 4 is 0 Å². The molecule has 0 radical (unpaired) electrons. The standard InChI is InChI=1S/C22H30N/c1-16-10-7-8-11-17(16)20-14-18-19(15-23(20)6)22(4,5)13-9-12-21(18,2)3/h7-8,10-11,14-15H,9,12-13H2,1-6H3/q+1. The van der Waals surface area contributed by atoms with E-state index in [1.165, 1.54) is 47.2 Å². The van der Waals surface area contributed by atoms with Gasteiger partial charge in [0, 0.05) is 17.2 Å². The molecule has 0 unspecified atom stereocenters. The quantitative estimate of drug-likeness (QED) is 0.502. The summed E-state index contributed by atoms with van der Waals surface area (Å²) in [7, 11) is 2.19. The van der Waals surface area contributed by atoms with Crippen molar-refractivity contribution in [1.82, 2.24) is 0 Å². The first-order chi connectivity index (χ1) is 10.7. The number of pyridine rings is 1. The zero-order valence-corrected chi connectivity index (χ0v) is 15.5. The minimum absolute atomic E-state index is 0.245. The Morgan fingerprint density at radius 1 is 0.913 bits per heavy atom. The van der Waals surface area contributed by atoms with Crippen LogP contribution < -0.4 is 4.57 Å². The molecule has 1 aromatic heterocycles. The van der Waals surface area contributed by atoms with E-state index < -0.39 is 0 Å². The Kier molecular flexibility index (Phi) is 3.86. The van der Waals surface area contributed by atoms with Crippen molar-refractivity contribution in [3.8, 4) is 11.3 Å². The Bertz CT molecular complexity index is 738. The first-order valence-corrected chi connectivity index (χ1v) is 8.83. The molecule has 1 heteroatoms. The van der Waals surface area contributed by atoms with Crippen molar-refractivity contribution in [1.29, 1.82) is 0 Å². The highest BCUT2D eigenvalue weighted by Gasteiger charge is 2.37. The summed E-state index contributed by atoms with van der Waals surface area (Å²) in [6.07, 6.45) is 6.24. The van der Waals surface area contributed by atoms with Crippen LogP contribution >= 0.6 is 0 Å². The van der Waals surface area contributed by atoms with E-state index in [2.05, 4.69) is 82.8 Å². The van der Waals surface area contributed by atoms with Crippen LogP contribution in [0.4, 0.5) is 0 Å². The molecule has 0 fully saturated rings. The Labute approximate surface area is 141 Å². The van der Waals surface area contributed by atoms with E-state index in [-0.39, 0.29) is 10.8 Å². The summed E-state index contributed by atoms with van der Waals surface area (Å²) in [5.74, 6) is 0. The summed E-state index contributed by atoms with van der Waals surface area (Å²) in [5.41, 5.74) is 7.58. The molecule has 1 nitrogen and oxygen atoms in total. The molecular formula is C22H30N+. The molecule has 0 aliphatic heterocycles. The molecule has 1 heterocycles. The second-order valence-corrected chi connectivity index (χ2v) is 8.53. The van der Waals surface area contributed by atoms with Crippen LogP contribution in [0.2, 0.25) is 0 Å². The molecule has 1 aliphatic rings. The van der Waals surface area contributed by atoms with Crippen molar-refractivity contribution in [2.45, 2.75) is 64.7 Å². The number of hydrogen-bond donors (Lipinski definition) is 0. The monoisotopic (exact) mass is 308 g/mol. The zero-order valence-electron chi connectivity index (χ0n) is 15.5. The van der Waals surface area contributed by atoms with Gasteiger partial charge >= 0.3 is 0 Å². The van der Waals surface area contributed by atoms with Crippen LogP contribution in [-0.2, 0) is 17.9 Å². The smallest absolute Gasteiger partial charge is 0.201 e. The number of benzene rings is 1. The molecule has 23 heavy (non-hydrogen) atoms. The van der Waals surface area contributed by atoms with Crippen molar-refractivity contribution < 1.29 is 4.57 Å². The molecule has 0 bridgehead atoms. The molecule has 0 spiro atoms. The van der Waals surface area contributed by atoms with Gasteiger partial charge < -0.3 is 0 Å². The van der Waals surface area contributed by atoms with E-state index >= 15 is 0 Å². The van der Waals surface area contributed by atoms with Crippen LogP contribution in [0.5, 0.6) is 0 Å². The fourth-order valence-electron chi connectivity index (χ4n) is 4.12. The first kappa shape index (κ1) is 16.2. The van der Waals surface area contributed by atoms with Gasteiger partial charge in [-0.05, 0) is 47.8 Å². The minimum atomic E-state index is 0.245. The van der Waals surface area contributed by atoms with Crippen molar-refractivity contribution in [2.75, 3.05) is 0 Å². The van der Waals surface area contributed by atoms with Crippen molar-refractivity contribution in [3.05, 3.63) is 53.2 Å². The van der Waals surface area contributed by atoms with E-state index in [0.717, 1.165) is 0 Å². The van der Waals surface area contributed by atoms with Crippen LogP contribution in [0, 0.1) is 6.92 Å². The highest BCUT2D eigenvalue weighted by Crippen LogP contribution is 2.43. The number of fused-ring (bicyclic) bond motifs is 1. The van der Waals surface area contributed by atoms with Crippen LogP contribution in [0.15, 0.2) is 36.5 Å². The lowest BCUT2D eigenvalue weighted by Gasteiger charge is -2.28. The Hall–Kier alpha value is -1.63. The second kappa shape index (κ2) is 5.47. The van der Waals surface area contributed by atoms with Gasteiger partial charge in [-0.1, -0.05) is 52.3 Å². The number of hydrogen-bond acceptors (Lipinski definition) is 0. The summed E-state index contributed by atoms with van der Waals surface area (Å²) < 4.78 is 2.32. The van der Waals surface area contributed by atoms with Gasteiger partial charge in [-0.25, -0.2) is 4.57 Å². The van der Waals surface area contributed by atoms with Gasteiger partial charge in [-0.3, -0.25) is 0 Å². The Balaban J connectivity index is 2.28.